The van der Waals surface area contributed by atoms with Gasteiger partial charge in [-0.1, -0.05) is 40.9 Å². The normalized spacial score (nSPS) is 13.9. The van der Waals surface area contributed by atoms with Crippen LogP contribution in [0.25, 0.3) is 0 Å². The molecule has 0 bridgehead atoms. The van der Waals surface area contributed by atoms with Gasteiger partial charge in [0.15, 0.2) is 0 Å². The van der Waals surface area contributed by atoms with E-state index in [4.69, 9.17) is 14.2 Å². The van der Waals surface area contributed by atoms with E-state index in [1.54, 1.807) is 0 Å². The molecule has 3 heteroatoms. The van der Waals surface area contributed by atoms with E-state index < -0.39 is 0 Å². The smallest absolute Gasteiger partial charge is 0.125 e. The summed E-state index contributed by atoms with van der Waals surface area (Å²) in [4.78, 5) is 0. The van der Waals surface area contributed by atoms with Gasteiger partial charge in [-0.25, -0.2) is 0 Å². The Balaban J connectivity index is 4.30. The predicted molar refractivity (Wildman–Crippen MR) is 80.0 cm³/mol. The van der Waals surface area contributed by atoms with Crippen molar-refractivity contribution in [1.82, 2.24) is 0 Å². The third-order valence-corrected chi connectivity index (χ3v) is 2.77. The lowest BCUT2D eigenvalue weighted by atomic mass is 10.2. The van der Waals surface area contributed by atoms with E-state index in [0.717, 1.165) is 38.9 Å². The molecule has 0 radical (unpaired) electrons. The van der Waals surface area contributed by atoms with Gasteiger partial charge in [-0.15, -0.1) is 0 Å². The van der Waals surface area contributed by atoms with Crippen LogP contribution in [0.15, 0.2) is 24.7 Å². The molecule has 2 unspecified atom stereocenters. The summed E-state index contributed by atoms with van der Waals surface area (Å²) in [6, 6.07) is 0. The quantitative estimate of drug-likeness (QED) is 0.491. The lowest BCUT2D eigenvalue weighted by Gasteiger charge is -2.23. The van der Waals surface area contributed by atoms with Gasteiger partial charge in [0.25, 0.3) is 0 Å². The van der Waals surface area contributed by atoms with Crippen molar-refractivity contribution in [3.8, 4) is 0 Å². The average molecular weight is 270 g/mol. The van der Waals surface area contributed by atoms with E-state index in [1.807, 2.05) is 0 Å². The maximum absolute atomic E-state index is 5.71. The number of rotatable bonds is 12. The Kier molecular flexibility index (Phi) is 10.6. The molecule has 0 saturated heterocycles. The zero-order valence-electron chi connectivity index (χ0n) is 13.0. The van der Waals surface area contributed by atoms with Crippen molar-refractivity contribution in [1.29, 1.82) is 0 Å². The molecule has 0 heterocycles. The first kappa shape index (κ1) is 18.2. The van der Waals surface area contributed by atoms with E-state index in [0.29, 0.717) is 11.5 Å². The van der Waals surface area contributed by atoms with Gasteiger partial charge < -0.3 is 14.2 Å². The molecule has 0 fully saturated rings. The second kappa shape index (κ2) is 11.1. The summed E-state index contributed by atoms with van der Waals surface area (Å²) in [7, 11) is 0. The summed E-state index contributed by atoms with van der Waals surface area (Å²) in [5.74, 6) is 1.25. The van der Waals surface area contributed by atoms with E-state index in [9.17, 15) is 0 Å². The second-order valence-electron chi connectivity index (χ2n) is 4.57. The average Bonchev–Trinajstić information content (AvgIpc) is 2.40. The Labute approximate surface area is 118 Å². The second-order valence-corrected chi connectivity index (χ2v) is 4.57. The van der Waals surface area contributed by atoms with Gasteiger partial charge >= 0.3 is 0 Å². The van der Waals surface area contributed by atoms with E-state index in [1.165, 1.54) is 0 Å². The van der Waals surface area contributed by atoms with Crippen LogP contribution in [0, 0.1) is 0 Å². The molecule has 0 aliphatic carbocycles. The summed E-state index contributed by atoms with van der Waals surface area (Å²) in [5, 5.41) is 0. The highest BCUT2D eigenvalue weighted by Gasteiger charge is 2.18. The number of ether oxygens (including phenoxy) is 3. The summed E-state index contributed by atoms with van der Waals surface area (Å²) in [6.07, 6.45) is 3.53. The minimum atomic E-state index is -0.0691. The van der Waals surface area contributed by atoms with Gasteiger partial charge in [-0.2, -0.15) is 0 Å². The molecule has 0 aliphatic rings. The fourth-order valence-electron chi connectivity index (χ4n) is 1.70. The topological polar surface area (TPSA) is 27.7 Å². The highest BCUT2D eigenvalue weighted by molar-refractivity contribution is 5.02. The van der Waals surface area contributed by atoms with Crippen LogP contribution in [0.1, 0.15) is 53.4 Å². The monoisotopic (exact) mass is 270 g/mol. The fourth-order valence-corrected chi connectivity index (χ4v) is 1.70. The van der Waals surface area contributed by atoms with Crippen molar-refractivity contribution in [2.45, 2.75) is 65.6 Å². The zero-order valence-corrected chi connectivity index (χ0v) is 13.0. The molecule has 0 amide bonds. The Morgan fingerprint density at radius 1 is 0.789 bits per heavy atom. The van der Waals surface area contributed by atoms with E-state index in [2.05, 4.69) is 40.9 Å². The Morgan fingerprint density at radius 2 is 1.16 bits per heavy atom. The molecule has 0 aliphatic heterocycles. The molecule has 0 N–H and O–H groups in total. The van der Waals surface area contributed by atoms with Crippen LogP contribution >= 0.6 is 0 Å². The van der Waals surface area contributed by atoms with Crippen LogP contribution in [0.3, 0.4) is 0 Å². The van der Waals surface area contributed by atoms with Crippen LogP contribution in [0.4, 0.5) is 0 Å². The van der Waals surface area contributed by atoms with Crippen molar-refractivity contribution in [2.75, 3.05) is 13.2 Å². The molecule has 19 heavy (non-hydrogen) atoms. The Bertz CT molecular complexity index is 235. The first-order valence-corrected chi connectivity index (χ1v) is 7.39. The van der Waals surface area contributed by atoms with Crippen LogP contribution in [0.5, 0.6) is 0 Å². The molecule has 112 valence electrons. The van der Waals surface area contributed by atoms with Gasteiger partial charge in [-0.3, -0.25) is 0 Å². The molecular weight excluding hydrogens is 240 g/mol. The van der Waals surface area contributed by atoms with Crippen molar-refractivity contribution < 1.29 is 14.2 Å². The number of hydrogen-bond acceptors (Lipinski definition) is 3. The first-order chi connectivity index (χ1) is 9.10. The summed E-state index contributed by atoms with van der Waals surface area (Å²) in [5.41, 5.74) is 0. The Morgan fingerprint density at radius 3 is 1.42 bits per heavy atom. The maximum Gasteiger partial charge on any atom is 0.125 e. The third-order valence-electron chi connectivity index (χ3n) is 2.77. The molecule has 0 aromatic heterocycles. The van der Waals surface area contributed by atoms with Crippen LogP contribution in [0.2, 0.25) is 0 Å². The zero-order chi connectivity index (χ0) is 14.7. The van der Waals surface area contributed by atoms with Gasteiger partial charge in [0.2, 0.25) is 0 Å². The van der Waals surface area contributed by atoms with E-state index >= 15 is 0 Å². The fraction of sp³-hybridized carbons (Fsp3) is 0.750. The largest absolute Gasteiger partial charge is 0.462 e. The van der Waals surface area contributed by atoms with Crippen molar-refractivity contribution >= 4 is 0 Å². The van der Waals surface area contributed by atoms with Crippen LogP contribution < -0.4 is 0 Å². The van der Waals surface area contributed by atoms with Crippen LogP contribution in [-0.2, 0) is 14.2 Å². The summed E-state index contributed by atoms with van der Waals surface area (Å²) < 4.78 is 17.1. The van der Waals surface area contributed by atoms with Crippen molar-refractivity contribution in [3.63, 3.8) is 0 Å². The third kappa shape index (κ3) is 7.38. The lowest BCUT2D eigenvalue weighted by Crippen LogP contribution is -2.21. The minimum absolute atomic E-state index is 0.0691. The maximum atomic E-state index is 5.71. The van der Waals surface area contributed by atoms with E-state index in [-0.39, 0.29) is 12.2 Å². The minimum Gasteiger partial charge on any atom is -0.462 e. The van der Waals surface area contributed by atoms with Gasteiger partial charge in [0.05, 0.1) is 0 Å². The van der Waals surface area contributed by atoms with Crippen molar-refractivity contribution in [2.24, 2.45) is 0 Å². The number of hydrogen-bond donors (Lipinski definition) is 0. The molecule has 3 nitrogen and oxygen atoms in total. The SMILES string of the molecule is C=C(OC(=C)C(CC)OCCC)C(CC)OCCC. The molecule has 0 saturated carbocycles. The molecule has 0 rings (SSSR count). The highest BCUT2D eigenvalue weighted by Crippen LogP contribution is 2.19. The predicted octanol–water partition coefficient (Wildman–Crippen LogP) is 4.44. The van der Waals surface area contributed by atoms with Gasteiger partial charge in [0, 0.05) is 13.2 Å². The molecule has 0 aromatic carbocycles. The first-order valence-electron chi connectivity index (χ1n) is 7.39. The van der Waals surface area contributed by atoms with Crippen LogP contribution in [-0.4, -0.2) is 25.4 Å². The standard InChI is InChI=1S/C16H30O3/c1-7-11-17-15(9-3)13(5)19-14(6)16(10-4)18-12-8-2/h15-16H,5-12H2,1-4H3. The van der Waals surface area contributed by atoms with Crippen molar-refractivity contribution in [3.05, 3.63) is 24.7 Å². The lowest BCUT2D eigenvalue weighted by molar-refractivity contribution is 0.0104. The summed E-state index contributed by atoms with van der Waals surface area (Å²) >= 11 is 0. The molecule has 2 atom stereocenters. The molecule has 0 aromatic rings. The Hall–Kier alpha value is -0.800. The summed E-state index contributed by atoms with van der Waals surface area (Å²) in [6.45, 7) is 17.6. The highest BCUT2D eigenvalue weighted by atomic mass is 16.6. The van der Waals surface area contributed by atoms with Gasteiger partial charge in [0.1, 0.15) is 23.7 Å². The molecular formula is C16H30O3. The molecule has 0 spiro atoms. The van der Waals surface area contributed by atoms with Gasteiger partial charge in [-0.05, 0) is 25.7 Å².